The number of hydrogen-bond donors (Lipinski definition) is 0. The van der Waals surface area contributed by atoms with Crippen molar-refractivity contribution >= 4 is 5.91 Å². The van der Waals surface area contributed by atoms with E-state index in [-0.39, 0.29) is 5.91 Å². The molecule has 0 atom stereocenters. The molecule has 1 aromatic heterocycles. The number of hydrogen-bond acceptors (Lipinski definition) is 5. The number of aromatic nitrogens is 4. The molecule has 106 valence electrons. The summed E-state index contributed by atoms with van der Waals surface area (Å²) in [5.74, 6) is 1.64. The molecule has 0 aliphatic carbocycles. The number of piperidine rings is 1. The largest absolute Gasteiger partial charge is 0.349 e. The monoisotopic (exact) mass is 266 g/mol. The van der Waals surface area contributed by atoms with Crippen molar-refractivity contribution in [1.29, 1.82) is 0 Å². The van der Waals surface area contributed by atoms with Gasteiger partial charge in [0.05, 0.1) is 6.54 Å². The van der Waals surface area contributed by atoms with Gasteiger partial charge in [0.2, 0.25) is 5.91 Å². The van der Waals surface area contributed by atoms with Crippen LogP contribution in [0.2, 0.25) is 0 Å². The fourth-order valence-electron chi connectivity index (χ4n) is 2.36. The summed E-state index contributed by atoms with van der Waals surface area (Å²) in [6.45, 7) is 2.81. The highest BCUT2D eigenvalue weighted by Gasteiger charge is 2.23. The molecule has 0 radical (unpaired) electrons. The SMILES string of the molecule is CN(C)C(=O)CC1CCN(Cc2nnnn2C)CC1. The second kappa shape index (κ2) is 6.10. The summed E-state index contributed by atoms with van der Waals surface area (Å²) < 4.78 is 1.71. The Morgan fingerprint density at radius 2 is 2.05 bits per heavy atom. The first-order valence-corrected chi connectivity index (χ1v) is 6.70. The average Bonchev–Trinajstić information content (AvgIpc) is 2.77. The quantitative estimate of drug-likeness (QED) is 0.761. The van der Waals surface area contributed by atoms with Crippen LogP contribution in [0.4, 0.5) is 0 Å². The van der Waals surface area contributed by atoms with Crippen LogP contribution in [0.3, 0.4) is 0 Å². The maximum Gasteiger partial charge on any atom is 0.222 e. The van der Waals surface area contributed by atoms with Crippen LogP contribution in [0, 0.1) is 5.92 Å². The third-order valence-electron chi connectivity index (χ3n) is 3.74. The molecule has 7 nitrogen and oxygen atoms in total. The average molecular weight is 266 g/mol. The van der Waals surface area contributed by atoms with Gasteiger partial charge in [-0.1, -0.05) is 0 Å². The van der Waals surface area contributed by atoms with E-state index in [1.165, 1.54) is 0 Å². The van der Waals surface area contributed by atoms with Gasteiger partial charge in [-0.25, -0.2) is 4.68 Å². The van der Waals surface area contributed by atoms with Gasteiger partial charge in [0, 0.05) is 27.6 Å². The van der Waals surface area contributed by atoms with Crippen molar-refractivity contribution in [3.05, 3.63) is 5.82 Å². The Labute approximate surface area is 113 Å². The maximum absolute atomic E-state index is 11.7. The molecule has 19 heavy (non-hydrogen) atoms. The Morgan fingerprint density at radius 1 is 1.37 bits per heavy atom. The van der Waals surface area contributed by atoms with Crippen LogP contribution in [0.5, 0.6) is 0 Å². The van der Waals surface area contributed by atoms with E-state index < -0.39 is 0 Å². The number of nitrogens with zero attached hydrogens (tertiary/aromatic N) is 6. The zero-order valence-electron chi connectivity index (χ0n) is 11.9. The van der Waals surface area contributed by atoms with Crippen LogP contribution in [0.25, 0.3) is 0 Å². The summed E-state index contributed by atoms with van der Waals surface area (Å²) in [5, 5.41) is 11.5. The Morgan fingerprint density at radius 3 is 2.58 bits per heavy atom. The Balaban J connectivity index is 1.76. The number of carbonyl (C=O) groups is 1. The molecular formula is C12H22N6O. The number of amides is 1. The number of carbonyl (C=O) groups excluding carboxylic acids is 1. The van der Waals surface area contributed by atoms with E-state index >= 15 is 0 Å². The van der Waals surface area contributed by atoms with Gasteiger partial charge in [-0.3, -0.25) is 9.69 Å². The molecule has 0 aromatic carbocycles. The van der Waals surface area contributed by atoms with Gasteiger partial charge in [-0.15, -0.1) is 5.10 Å². The first kappa shape index (κ1) is 13.9. The van der Waals surface area contributed by atoms with Crippen molar-refractivity contribution in [2.24, 2.45) is 13.0 Å². The summed E-state index contributed by atoms with van der Waals surface area (Å²) >= 11 is 0. The third kappa shape index (κ3) is 3.73. The highest BCUT2D eigenvalue weighted by molar-refractivity contribution is 5.75. The molecule has 1 saturated heterocycles. The minimum atomic E-state index is 0.232. The second-order valence-electron chi connectivity index (χ2n) is 5.43. The molecule has 0 N–H and O–H groups in total. The van der Waals surface area contributed by atoms with Crippen molar-refractivity contribution < 1.29 is 4.79 Å². The van der Waals surface area contributed by atoms with Crippen LogP contribution in [-0.2, 0) is 18.4 Å². The Bertz CT molecular complexity index is 422. The molecule has 0 saturated carbocycles. The van der Waals surface area contributed by atoms with E-state index in [1.807, 2.05) is 21.1 Å². The number of tetrazole rings is 1. The summed E-state index contributed by atoms with van der Waals surface area (Å²) in [6, 6.07) is 0. The molecule has 0 unspecified atom stereocenters. The van der Waals surface area contributed by atoms with E-state index in [1.54, 1.807) is 9.58 Å². The van der Waals surface area contributed by atoms with Crippen molar-refractivity contribution in [3.8, 4) is 0 Å². The van der Waals surface area contributed by atoms with Gasteiger partial charge in [-0.05, 0) is 42.3 Å². The van der Waals surface area contributed by atoms with E-state index in [4.69, 9.17) is 0 Å². The van der Waals surface area contributed by atoms with E-state index in [0.717, 1.165) is 38.3 Å². The maximum atomic E-state index is 11.7. The lowest BCUT2D eigenvalue weighted by Gasteiger charge is -2.31. The van der Waals surface area contributed by atoms with Crippen LogP contribution >= 0.6 is 0 Å². The molecule has 7 heteroatoms. The minimum Gasteiger partial charge on any atom is -0.349 e. The van der Waals surface area contributed by atoms with Gasteiger partial charge in [0.15, 0.2) is 5.82 Å². The van der Waals surface area contributed by atoms with E-state index in [9.17, 15) is 4.79 Å². The van der Waals surface area contributed by atoms with E-state index in [2.05, 4.69) is 20.4 Å². The predicted molar refractivity (Wildman–Crippen MR) is 70.1 cm³/mol. The van der Waals surface area contributed by atoms with E-state index in [0.29, 0.717) is 12.3 Å². The van der Waals surface area contributed by atoms with Crippen LogP contribution < -0.4 is 0 Å². The first-order chi connectivity index (χ1) is 9.06. The number of aryl methyl sites for hydroxylation is 1. The fraction of sp³-hybridized carbons (Fsp3) is 0.833. The fourth-order valence-corrected chi connectivity index (χ4v) is 2.36. The summed E-state index contributed by atoms with van der Waals surface area (Å²) in [6.07, 6.45) is 2.82. The topological polar surface area (TPSA) is 67.2 Å². The molecule has 0 bridgehead atoms. The normalized spacial score (nSPS) is 17.6. The smallest absolute Gasteiger partial charge is 0.222 e. The van der Waals surface area contributed by atoms with Crippen LogP contribution in [0.15, 0.2) is 0 Å². The molecule has 1 aromatic rings. The van der Waals surface area contributed by atoms with Crippen molar-refractivity contribution in [1.82, 2.24) is 30.0 Å². The van der Waals surface area contributed by atoms with Crippen molar-refractivity contribution in [3.63, 3.8) is 0 Å². The van der Waals surface area contributed by atoms with Gasteiger partial charge >= 0.3 is 0 Å². The van der Waals surface area contributed by atoms with Crippen molar-refractivity contribution in [2.45, 2.75) is 25.8 Å². The lowest BCUT2D eigenvalue weighted by Crippen LogP contribution is -2.36. The zero-order chi connectivity index (χ0) is 13.8. The molecule has 1 amide bonds. The first-order valence-electron chi connectivity index (χ1n) is 6.70. The molecule has 2 heterocycles. The Kier molecular flexibility index (Phi) is 4.47. The predicted octanol–water partition coefficient (Wildman–Crippen LogP) is -0.0996. The minimum absolute atomic E-state index is 0.232. The molecule has 2 rings (SSSR count). The molecule has 0 spiro atoms. The zero-order valence-corrected chi connectivity index (χ0v) is 11.9. The molecular weight excluding hydrogens is 244 g/mol. The standard InChI is InChI=1S/C12H22N6O/c1-16(2)12(19)8-10-4-6-18(7-5-10)9-11-13-14-15-17(11)3/h10H,4-9H2,1-3H3. The van der Waals surface area contributed by atoms with Gasteiger partial charge in [-0.2, -0.15) is 0 Å². The lowest BCUT2D eigenvalue weighted by molar-refractivity contribution is -0.130. The molecule has 1 fully saturated rings. The lowest BCUT2D eigenvalue weighted by atomic mass is 9.93. The summed E-state index contributed by atoms with van der Waals surface area (Å²) in [7, 11) is 5.49. The highest BCUT2D eigenvalue weighted by atomic mass is 16.2. The number of likely N-dealkylation sites (tertiary alicyclic amines) is 1. The van der Waals surface area contributed by atoms with Gasteiger partial charge < -0.3 is 4.90 Å². The second-order valence-corrected chi connectivity index (χ2v) is 5.43. The highest BCUT2D eigenvalue weighted by Crippen LogP contribution is 2.21. The van der Waals surface area contributed by atoms with Gasteiger partial charge in [0.25, 0.3) is 0 Å². The van der Waals surface area contributed by atoms with Crippen molar-refractivity contribution in [2.75, 3.05) is 27.2 Å². The van der Waals surface area contributed by atoms with Crippen LogP contribution in [-0.4, -0.2) is 63.1 Å². The third-order valence-corrected chi connectivity index (χ3v) is 3.74. The summed E-state index contributed by atoms with van der Waals surface area (Å²) in [4.78, 5) is 15.7. The molecule has 1 aliphatic heterocycles. The number of rotatable bonds is 4. The van der Waals surface area contributed by atoms with Gasteiger partial charge in [0.1, 0.15) is 0 Å². The van der Waals surface area contributed by atoms with Crippen LogP contribution in [0.1, 0.15) is 25.1 Å². The molecule has 1 aliphatic rings. The summed E-state index contributed by atoms with van der Waals surface area (Å²) in [5.41, 5.74) is 0. The Hall–Kier alpha value is -1.50.